The molecular formula is C8H6BrNO3. The first-order chi connectivity index (χ1) is 6.02. The van der Waals surface area contributed by atoms with Gasteiger partial charge in [0.2, 0.25) is 5.91 Å². The third kappa shape index (κ3) is 2.06. The molecule has 0 radical (unpaired) electrons. The maximum absolute atomic E-state index is 10.8. The van der Waals surface area contributed by atoms with E-state index in [1.54, 1.807) is 6.07 Å². The van der Waals surface area contributed by atoms with Gasteiger partial charge in [0, 0.05) is 4.47 Å². The summed E-state index contributed by atoms with van der Waals surface area (Å²) >= 11 is 3.10. The van der Waals surface area contributed by atoms with E-state index in [-0.39, 0.29) is 11.1 Å². The van der Waals surface area contributed by atoms with E-state index in [1.807, 2.05) is 0 Å². The number of rotatable bonds is 2. The zero-order valence-electron chi connectivity index (χ0n) is 6.45. The number of nitrogens with two attached hydrogens (primary N) is 1. The number of amides is 1. The number of carbonyl (C=O) groups excluding carboxylic acids is 1. The molecule has 1 rings (SSSR count). The molecule has 0 aliphatic heterocycles. The lowest BCUT2D eigenvalue weighted by molar-refractivity contribution is 0.0692. The van der Waals surface area contributed by atoms with Gasteiger partial charge in [-0.1, -0.05) is 15.9 Å². The van der Waals surface area contributed by atoms with Crippen molar-refractivity contribution in [2.24, 2.45) is 5.73 Å². The fraction of sp³-hybridized carbons (Fsp3) is 0. The Morgan fingerprint density at radius 2 is 1.92 bits per heavy atom. The minimum atomic E-state index is -1.17. The van der Waals surface area contributed by atoms with Crippen molar-refractivity contribution in [2.75, 3.05) is 0 Å². The molecular weight excluding hydrogens is 238 g/mol. The Bertz CT molecular complexity index is 376. The molecule has 5 heteroatoms. The quantitative estimate of drug-likeness (QED) is 0.821. The van der Waals surface area contributed by atoms with Crippen LogP contribution in [0.25, 0.3) is 0 Å². The van der Waals surface area contributed by atoms with Gasteiger partial charge in [0.15, 0.2) is 0 Å². The molecule has 3 N–H and O–H groups in total. The summed E-state index contributed by atoms with van der Waals surface area (Å²) in [5, 5.41) is 8.71. The van der Waals surface area contributed by atoms with E-state index in [4.69, 9.17) is 10.8 Å². The van der Waals surface area contributed by atoms with Crippen molar-refractivity contribution in [2.45, 2.75) is 0 Å². The summed E-state index contributed by atoms with van der Waals surface area (Å²) in [7, 11) is 0. The van der Waals surface area contributed by atoms with Crippen molar-refractivity contribution in [1.82, 2.24) is 0 Å². The highest BCUT2D eigenvalue weighted by Gasteiger charge is 2.13. The predicted molar refractivity (Wildman–Crippen MR) is 49.6 cm³/mol. The number of primary amides is 1. The average Bonchev–Trinajstić information content (AvgIpc) is 2.03. The van der Waals surface area contributed by atoms with E-state index in [9.17, 15) is 9.59 Å². The summed E-state index contributed by atoms with van der Waals surface area (Å²) in [6.45, 7) is 0. The molecule has 0 saturated carbocycles. The average molecular weight is 244 g/mol. The summed E-state index contributed by atoms with van der Waals surface area (Å²) < 4.78 is 0.592. The van der Waals surface area contributed by atoms with Gasteiger partial charge in [-0.3, -0.25) is 4.79 Å². The number of halogens is 1. The van der Waals surface area contributed by atoms with Gasteiger partial charge in [-0.25, -0.2) is 4.79 Å². The highest BCUT2D eigenvalue weighted by molar-refractivity contribution is 9.10. The summed E-state index contributed by atoms with van der Waals surface area (Å²) in [5.41, 5.74) is 4.90. The number of benzene rings is 1. The summed E-state index contributed by atoms with van der Waals surface area (Å²) in [5.74, 6) is -1.92. The fourth-order valence-corrected chi connectivity index (χ4v) is 1.27. The van der Waals surface area contributed by atoms with Gasteiger partial charge >= 0.3 is 5.97 Å². The van der Waals surface area contributed by atoms with E-state index >= 15 is 0 Å². The van der Waals surface area contributed by atoms with Crippen molar-refractivity contribution >= 4 is 27.8 Å². The van der Waals surface area contributed by atoms with Crippen LogP contribution in [-0.2, 0) is 0 Å². The Labute approximate surface area is 82.5 Å². The van der Waals surface area contributed by atoms with Crippen LogP contribution in [-0.4, -0.2) is 17.0 Å². The van der Waals surface area contributed by atoms with Gasteiger partial charge < -0.3 is 10.8 Å². The van der Waals surface area contributed by atoms with Gasteiger partial charge in [-0.2, -0.15) is 0 Å². The molecule has 1 aromatic carbocycles. The molecule has 0 aliphatic rings. The zero-order valence-corrected chi connectivity index (χ0v) is 8.04. The topological polar surface area (TPSA) is 80.4 Å². The van der Waals surface area contributed by atoms with Gasteiger partial charge in [-0.15, -0.1) is 0 Å². The number of carboxylic acids is 1. The third-order valence-electron chi connectivity index (χ3n) is 1.48. The standard InChI is InChI=1S/C8H6BrNO3/c9-4-1-2-5(7(10)11)6(3-4)8(12)13/h1-3H,(H2,10,11)(H,12,13). The van der Waals surface area contributed by atoms with E-state index in [0.29, 0.717) is 4.47 Å². The molecule has 0 bridgehead atoms. The van der Waals surface area contributed by atoms with E-state index in [1.165, 1.54) is 12.1 Å². The van der Waals surface area contributed by atoms with Crippen LogP contribution < -0.4 is 5.73 Å². The van der Waals surface area contributed by atoms with Crippen LogP contribution >= 0.6 is 15.9 Å². The van der Waals surface area contributed by atoms with Crippen molar-refractivity contribution in [3.63, 3.8) is 0 Å². The molecule has 4 nitrogen and oxygen atoms in total. The first-order valence-corrected chi connectivity index (χ1v) is 4.14. The lowest BCUT2D eigenvalue weighted by Gasteiger charge is -2.01. The number of hydrogen-bond donors (Lipinski definition) is 2. The monoisotopic (exact) mass is 243 g/mol. The van der Waals surface area contributed by atoms with Crippen molar-refractivity contribution in [1.29, 1.82) is 0 Å². The Morgan fingerprint density at radius 3 is 2.38 bits per heavy atom. The van der Waals surface area contributed by atoms with Crippen LogP contribution in [0.4, 0.5) is 0 Å². The van der Waals surface area contributed by atoms with Gasteiger partial charge in [0.1, 0.15) is 0 Å². The lowest BCUT2D eigenvalue weighted by atomic mass is 10.1. The molecule has 1 aromatic rings. The van der Waals surface area contributed by atoms with Crippen LogP contribution in [0.3, 0.4) is 0 Å². The van der Waals surface area contributed by atoms with Crippen LogP contribution in [0, 0.1) is 0 Å². The number of hydrogen-bond acceptors (Lipinski definition) is 2. The SMILES string of the molecule is NC(=O)c1ccc(Br)cc1C(=O)O. The van der Waals surface area contributed by atoms with Gasteiger partial charge in [0.05, 0.1) is 11.1 Å². The van der Waals surface area contributed by atoms with Crippen molar-refractivity contribution < 1.29 is 14.7 Å². The molecule has 0 atom stereocenters. The molecule has 0 spiro atoms. The predicted octanol–water partition coefficient (Wildman–Crippen LogP) is 1.25. The van der Waals surface area contributed by atoms with Crippen molar-refractivity contribution in [3.8, 4) is 0 Å². The molecule has 68 valence electrons. The molecule has 0 unspecified atom stereocenters. The normalized spacial score (nSPS) is 9.62. The second kappa shape index (κ2) is 3.57. The van der Waals surface area contributed by atoms with Gasteiger partial charge in [-0.05, 0) is 18.2 Å². The zero-order chi connectivity index (χ0) is 10.0. The molecule has 1 amide bonds. The Hall–Kier alpha value is -1.36. The Balaban J connectivity index is 3.35. The first kappa shape index (κ1) is 9.73. The number of carboxylic acid groups (broad SMARTS) is 1. The molecule has 13 heavy (non-hydrogen) atoms. The largest absolute Gasteiger partial charge is 0.478 e. The molecule has 0 heterocycles. The summed E-state index contributed by atoms with van der Waals surface area (Å²) in [6, 6.07) is 4.27. The van der Waals surface area contributed by atoms with Crippen LogP contribution in [0.2, 0.25) is 0 Å². The first-order valence-electron chi connectivity index (χ1n) is 3.35. The maximum Gasteiger partial charge on any atom is 0.336 e. The second-order valence-electron chi connectivity index (χ2n) is 2.36. The minimum Gasteiger partial charge on any atom is -0.478 e. The smallest absolute Gasteiger partial charge is 0.336 e. The Kier molecular flexibility index (Phi) is 2.67. The Morgan fingerprint density at radius 1 is 1.31 bits per heavy atom. The number of carbonyl (C=O) groups is 2. The summed E-state index contributed by atoms with van der Waals surface area (Å²) in [6.07, 6.45) is 0. The molecule has 0 saturated heterocycles. The molecule has 0 fully saturated rings. The molecule has 0 aliphatic carbocycles. The van der Waals surface area contributed by atoms with Crippen molar-refractivity contribution in [3.05, 3.63) is 33.8 Å². The highest BCUT2D eigenvalue weighted by Crippen LogP contribution is 2.16. The highest BCUT2D eigenvalue weighted by atomic mass is 79.9. The second-order valence-corrected chi connectivity index (χ2v) is 3.27. The fourth-order valence-electron chi connectivity index (χ4n) is 0.908. The van der Waals surface area contributed by atoms with E-state index in [2.05, 4.69) is 15.9 Å². The van der Waals surface area contributed by atoms with E-state index in [0.717, 1.165) is 0 Å². The number of aromatic carboxylic acids is 1. The van der Waals surface area contributed by atoms with Crippen LogP contribution in [0.15, 0.2) is 22.7 Å². The van der Waals surface area contributed by atoms with Gasteiger partial charge in [0.25, 0.3) is 0 Å². The minimum absolute atomic E-state index is 0.00991. The maximum atomic E-state index is 10.8. The lowest BCUT2D eigenvalue weighted by Crippen LogP contribution is -2.16. The third-order valence-corrected chi connectivity index (χ3v) is 1.97. The van der Waals surface area contributed by atoms with E-state index < -0.39 is 11.9 Å². The molecule has 0 aromatic heterocycles. The van der Waals surface area contributed by atoms with Crippen LogP contribution in [0.1, 0.15) is 20.7 Å². The summed E-state index contributed by atoms with van der Waals surface area (Å²) in [4.78, 5) is 21.4. The van der Waals surface area contributed by atoms with Crippen LogP contribution in [0.5, 0.6) is 0 Å².